The summed E-state index contributed by atoms with van der Waals surface area (Å²) in [6, 6.07) is 25.8. The molecule has 0 aliphatic rings. The number of Topliss-reactive ketones (excluding diaryl/α,β-unsaturated/α-hetero) is 1. The van der Waals surface area contributed by atoms with Crippen molar-refractivity contribution in [3.05, 3.63) is 133 Å². The van der Waals surface area contributed by atoms with E-state index in [0.717, 1.165) is 22.4 Å². The van der Waals surface area contributed by atoms with Crippen LogP contribution in [-0.2, 0) is 17.1 Å². The van der Waals surface area contributed by atoms with Gasteiger partial charge in [-0.15, -0.1) is 23.2 Å². The summed E-state index contributed by atoms with van der Waals surface area (Å²) in [6.07, 6.45) is 0.320. The molecule has 0 fully saturated rings. The third-order valence-corrected chi connectivity index (χ3v) is 7.82. The molecule has 1 heterocycles. The van der Waals surface area contributed by atoms with Crippen LogP contribution in [0.15, 0.2) is 89.7 Å². The summed E-state index contributed by atoms with van der Waals surface area (Å²) < 4.78 is 1.54. The van der Waals surface area contributed by atoms with Crippen molar-refractivity contribution in [1.29, 1.82) is 0 Å². The van der Waals surface area contributed by atoms with Crippen LogP contribution in [0, 0.1) is 13.8 Å². The summed E-state index contributed by atoms with van der Waals surface area (Å²) in [5.41, 5.74) is 10.9. The third kappa shape index (κ3) is 8.84. The molecule has 0 atom stereocenters. The number of anilines is 1. The van der Waals surface area contributed by atoms with Gasteiger partial charge in [0.1, 0.15) is 5.82 Å². The summed E-state index contributed by atoms with van der Waals surface area (Å²) >= 11 is 27.7. The van der Waals surface area contributed by atoms with E-state index in [1.54, 1.807) is 36.4 Å². The zero-order valence-electron chi connectivity index (χ0n) is 23.8. The molecule has 228 valence electrons. The van der Waals surface area contributed by atoms with E-state index in [1.807, 2.05) is 62.4 Å². The number of benzene rings is 4. The predicted molar refractivity (Wildman–Crippen MR) is 183 cm³/mol. The topological polar surface area (TPSA) is 95.1 Å². The summed E-state index contributed by atoms with van der Waals surface area (Å²) in [5, 5.41) is 0.713. The lowest BCUT2D eigenvalue weighted by atomic mass is 9.98. The SMILES string of the molecule is Cc1ccccc1-n1c(CCl)nc2cccc(Cl)c2c1=O.Cc1ccccc1CC(=O)c1c(N)cccc1Cl.O=C(Cl)CCl. The van der Waals surface area contributed by atoms with Gasteiger partial charge in [0.2, 0.25) is 5.24 Å². The van der Waals surface area contributed by atoms with Crippen LogP contribution in [0.1, 0.15) is 32.9 Å². The van der Waals surface area contributed by atoms with Crippen LogP contribution in [0.2, 0.25) is 10.0 Å². The van der Waals surface area contributed by atoms with Gasteiger partial charge in [0.05, 0.1) is 44.0 Å². The number of carbonyl (C=O) groups excluding carboxylic acids is 2. The Morgan fingerprint density at radius 3 is 2.00 bits per heavy atom. The monoisotopic (exact) mass is 689 g/mol. The standard InChI is InChI=1S/C16H12Cl2N2O.C15H14ClNO.C2H2Cl2O/c1-10-5-2-3-8-13(10)20-14(9-17)19-12-7-4-6-11(18)15(12)16(20)21;1-10-5-2-3-6-11(10)9-14(18)15-12(16)7-4-8-13(15)17;3-1-2(4)5/h2-8H,9H2,1H3;2-8H,9,17H2,1H3;1H2. The lowest BCUT2D eigenvalue weighted by molar-refractivity contribution is -0.109. The Morgan fingerprint density at radius 2 is 1.41 bits per heavy atom. The Morgan fingerprint density at radius 1 is 0.818 bits per heavy atom. The smallest absolute Gasteiger partial charge is 0.267 e. The normalized spacial score (nSPS) is 10.3. The molecule has 0 spiro atoms. The molecule has 1 aromatic heterocycles. The van der Waals surface area contributed by atoms with Gasteiger partial charge < -0.3 is 5.73 Å². The summed E-state index contributed by atoms with van der Waals surface area (Å²) in [6.45, 7) is 3.93. The van der Waals surface area contributed by atoms with Crippen molar-refractivity contribution in [3.8, 4) is 5.69 Å². The van der Waals surface area contributed by atoms with Crippen LogP contribution in [0.5, 0.6) is 0 Å². The van der Waals surface area contributed by atoms with Crippen molar-refractivity contribution in [2.75, 3.05) is 11.6 Å². The second kappa shape index (κ2) is 16.6. The fourth-order valence-corrected chi connectivity index (χ4v) is 5.01. The average Bonchev–Trinajstić information content (AvgIpc) is 2.99. The quantitative estimate of drug-likeness (QED) is 0.0832. The molecule has 44 heavy (non-hydrogen) atoms. The molecule has 0 unspecified atom stereocenters. The van der Waals surface area contributed by atoms with Crippen LogP contribution >= 0.6 is 58.0 Å². The lowest BCUT2D eigenvalue weighted by Gasteiger charge is -2.14. The van der Waals surface area contributed by atoms with Gasteiger partial charge in [-0.2, -0.15) is 0 Å². The molecule has 5 rings (SSSR count). The first-order valence-corrected chi connectivity index (χ1v) is 15.4. The number of hydrogen-bond acceptors (Lipinski definition) is 5. The van der Waals surface area contributed by atoms with E-state index < -0.39 is 5.24 Å². The Balaban J connectivity index is 0.000000211. The van der Waals surface area contributed by atoms with Gasteiger partial charge in [-0.05, 0) is 72.5 Å². The van der Waals surface area contributed by atoms with Gasteiger partial charge in [0.25, 0.3) is 5.56 Å². The summed E-state index contributed by atoms with van der Waals surface area (Å²) in [5.74, 6) is 0.506. The fourth-order valence-electron chi connectivity index (χ4n) is 4.29. The van der Waals surface area contributed by atoms with Gasteiger partial charge in [-0.1, -0.05) is 77.8 Å². The number of fused-ring (bicyclic) bond motifs is 1. The van der Waals surface area contributed by atoms with Crippen LogP contribution < -0.4 is 11.3 Å². The Bertz CT molecular complexity index is 1840. The number of hydrogen-bond donors (Lipinski definition) is 1. The molecule has 2 N–H and O–H groups in total. The number of para-hydroxylation sites is 1. The first-order valence-electron chi connectivity index (χ1n) is 13.2. The number of carbonyl (C=O) groups is 2. The van der Waals surface area contributed by atoms with E-state index in [-0.39, 0.29) is 23.1 Å². The molecule has 0 radical (unpaired) electrons. The zero-order chi connectivity index (χ0) is 32.4. The maximum Gasteiger partial charge on any atom is 0.267 e. The molecule has 11 heteroatoms. The fraction of sp³-hybridized carbons (Fsp3) is 0.152. The molecular weight excluding hydrogens is 664 g/mol. The second-order valence-corrected chi connectivity index (χ2v) is 11.2. The third-order valence-electron chi connectivity index (χ3n) is 6.43. The molecular formula is C33H28Cl5N3O3. The highest BCUT2D eigenvalue weighted by molar-refractivity contribution is 6.67. The van der Waals surface area contributed by atoms with Gasteiger partial charge in [-0.25, -0.2) is 4.98 Å². The van der Waals surface area contributed by atoms with E-state index in [9.17, 15) is 14.4 Å². The van der Waals surface area contributed by atoms with Gasteiger partial charge >= 0.3 is 0 Å². The van der Waals surface area contributed by atoms with Crippen molar-refractivity contribution >= 4 is 85.6 Å². The number of nitrogens with zero attached hydrogens (tertiary/aromatic N) is 2. The van der Waals surface area contributed by atoms with Crippen LogP contribution in [0.3, 0.4) is 0 Å². The molecule has 0 saturated carbocycles. The van der Waals surface area contributed by atoms with Crippen molar-refractivity contribution < 1.29 is 9.59 Å². The number of aromatic nitrogens is 2. The highest BCUT2D eigenvalue weighted by Gasteiger charge is 2.16. The maximum atomic E-state index is 12.9. The number of rotatable bonds is 6. The predicted octanol–water partition coefficient (Wildman–Crippen LogP) is 8.73. The van der Waals surface area contributed by atoms with Crippen molar-refractivity contribution in [3.63, 3.8) is 0 Å². The Labute approximate surface area is 280 Å². The molecule has 0 aliphatic carbocycles. The summed E-state index contributed by atoms with van der Waals surface area (Å²) in [4.78, 5) is 39.0. The average molecular weight is 692 g/mol. The Kier molecular flexibility index (Phi) is 13.3. The molecule has 0 bridgehead atoms. The van der Waals surface area contributed by atoms with Crippen molar-refractivity contribution in [2.24, 2.45) is 0 Å². The highest BCUT2D eigenvalue weighted by Crippen LogP contribution is 2.25. The number of nitrogens with two attached hydrogens (primary N) is 1. The van der Waals surface area contributed by atoms with Gasteiger partial charge in [-0.3, -0.25) is 19.0 Å². The van der Waals surface area contributed by atoms with Crippen molar-refractivity contribution in [2.45, 2.75) is 26.1 Å². The maximum absolute atomic E-state index is 12.9. The van der Waals surface area contributed by atoms with Crippen LogP contribution in [0.25, 0.3) is 16.6 Å². The minimum atomic E-state index is -0.508. The van der Waals surface area contributed by atoms with E-state index >= 15 is 0 Å². The number of nitrogen functional groups attached to an aromatic ring is 1. The van der Waals surface area contributed by atoms with E-state index in [0.29, 0.717) is 44.4 Å². The van der Waals surface area contributed by atoms with Crippen LogP contribution in [0.4, 0.5) is 5.69 Å². The minimum Gasteiger partial charge on any atom is -0.398 e. The van der Waals surface area contributed by atoms with Gasteiger partial charge in [0.15, 0.2) is 5.78 Å². The van der Waals surface area contributed by atoms with Crippen LogP contribution in [-0.4, -0.2) is 26.5 Å². The largest absolute Gasteiger partial charge is 0.398 e. The van der Waals surface area contributed by atoms with E-state index in [1.165, 1.54) is 4.57 Å². The number of aryl methyl sites for hydroxylation is 2. The first kappa shape index (κ1) is 35.1. The number of ketones is 1. The molecule has 0 saturated heterocycles. The highest BCUT2D eigenvalue weighted by atomic mass is 35.5. The molecule has 4 aromatic carbocycles. The lowest BCUT2D eigenvalue weighted by Crippen LogP contribution is -2.24. The molecule has 0 amide bonds. The second-order valence-electron chi connectivity index (χ2n) is 9.44. The minimum absolute atomic E-state index is 0.0487. The molecule has 5 aromatic rings. The zero-order valence-corrected chi connectivity index (χ0v) is 27.6. The van der Waals surface area contributed by atoms with Crippen molar-refractivity contribution in [1.82, 2.24) is 9.55 Å². The van der Waals surface area contributed by atoms with E-state index in [2.05, 4.69) is 4.98 Å². The molecule has 0 aliphatic heterocycles. The van der Waals surface area contributed by atoms with Gasteiger partial charge in [0, 0.05) is 12.1 Å². The number of alkyl halides is 2. The first-order chi connectivity index (χ1) is 21.0. The Hall–Kier alpha value is -3.39. The summed E-state index contributed by atoms with van der Waals surface area (Å²) in [7, 11) is 0. The number of halogens is 5. The molecule has 6 nitrogen and oxygen atoms in total. The van der Waals surface area contributed by atoms with E-state index in [4.69, 9.17) is 63.7 Å².